The van der Waals surface area contributed by atoms with E-state index in [9.17, 15) is 4.39 Å². The van der Waals surface area contributed by atoms with Crippen LogP contribution in [0.25, 0.3) is 0 Å². The molecule has 0 bridgehead atoms. The first-order chi connectivity index (χ1) is 10.0. The van der Waals surface area contributed by atoms with Gasteiger partial charge in [-0.05, 0) is 24.2 Å². The Morgan fingerprint density at radius 1 is 1.00 bits per heavy atom. The van der Waals surface area contributed by atoms with Crippen molar-refractivity contribution in [1.82, 2.24) is 0 Å². The molecule has 0 atom stereocenters. The minimum Gasteiger partial charge on any atom is -0.542 e. The average molecular weight is 333 g/mol. The summed E-state index contributed by atoms with van der Waals surface area (Å²) in [6.45, 7) is 6.55. The molecule has 21 heavy (non-hydrogen) atoms. The molecule has 0 aliphatic rings. The molecule has 0 fully saturated rings. The summed E-state index contributed by atoms with van der Waals surface area (Å²) in [6, 6.07) is 6.17. The van der Waals surface area contributed by atoms with Crippen LogP contribution in [0.1, 0.15) is 40.0 Å². The van der Waals surface area contributed by atoms with Gasteiger partial charge in [0.15, 0.2) is 11.6 Å². The summed E-state index contributed by atoms with van der Waals surface area (Å²) >= 11 is 6.17. The van der Waals surface area contributed by atoms with Gasteiger partial charge in [-0.2, -0.15) is 0 Å². The van der Waals surface area contributed by atoms with Crippen LogP contribution < -0.4 is 9.16 Å². The molecular weight excluding hydrogens is 307 g/mol. The molecule has 0 heterocycles. The van der Waals surface area contributed by atoms with E-state index in [1.54, 1.807) is 6.07 Å². The fourth-order valence-electron chi connectivity index (χ4n) is 2.87. The Labute approximate surface area is 133 Å². The van der Waals surface area contributed by atoms with Crippen LogP contribution >= 0.6 is 11.6 Å². The van der Waals surface area contributed by atoms with Crippen LogP contribution in [0.4, 0.5) is 4.39 Å². The van der Waals surface area contributed by atoms with Crippen molar-refractivity contribution in [3.63, 3.8) is 0 Å². The van der Waals surface area contributed by atoms with Gasteiger partial charge in [-0.15, -0.1) is 0 Å². The van der Waals surface area contributed by atoms with Crippen LogP contribution in [0, 0.1) is 5.82 Å². The van der Waals surface area contributed by atoms with Gasteiger partial charge in [-0.3, -0.25) is 0 Å². The van der Waals surface area contributed by atoms with Crippen molar-refractivity contribution in [2.24, 2.45) is 0 Å². The number of benzene rings is 1. The van der Waals surface area contributed by atoms with Gasteiger partial charge >= 0.3 is 0 Å². The summed E-state index contributed by atoms with van der Waals surface area (Å²) in [4.78, 5) is 0. The maximum absolute atomic E-state index is 13.7. The topological polar surface area (TPSA) is 18.5 Å². The summed E-state index contributed by atoms with van der Waals surface area (Å²) in [5, 5.41) is 0.327. The van der Waals surface area contributed by atoms with Crippen LogP contribution in [-0.2, 0) is 0 Å². The SMILES string of the molecule is CCC[Si](CCC)(CCC)Oc1cc(OC)c(F)cc1Cl. The second-order valence-electron chi connectivity index (χ2n) is 5.45. The Kier molecular flexibility index (Phi) is 7.53. The zero-order valence-corrected chi connectivity index (χ0v) is 15.2. The van der Waals surface area contributed by atoms with Gasteiger partial charge in [0.1, 0.15) is 5.75 Å². The quantitative estimate of drug-likeness (QED) is 0.513. The first-order valence-electron chi connectivity index (χ1n) is 7.74. The first-order valence-corrected chi connectivity index (χ1v) is 10.6. The molecule has 0 radical (unpaired) electrons. The summed E-state index contributed by atoms with van der Waals surface area (Å²) in [6.07, 6.45) is 3.30. The molecular formula is C16H26ClFO2Si. The molecule has 0 unspecified atom stereocenters. The number of rotatable bonds is 9. The Morgan fingerprint density at radius 3 is 1.95 bits per heavy atom. The number of halogens is 2. The summed E-state index contributed by atoms with van der Waals surface area (Å²) in [5.74, 6) is 0.294. The fourth-order valence-corrected chi connectivity index (χ4v) is 7.55. The third-order valence-corrected chi connectivity index (χ3v) is 8.83. The highest BCUT2D eigenvalue weighted by Crippen LogP contribution is 2.37. The van der Waals surface area contributed by atoms with E-state index in [2.05, 4.69) is 20.8 Å². The lowest BCUT2D eigenvalue weighted by atomic mass is 10.3. The molecule has 5 heteroatoms. The van der Waals surface area contributed by atoms with Gasteiger partial charge in [0, 0.05) is 6.07 Å². The van der Waals surface area contributed by atoms with Crippen LogP contribution in [-0.4, -0.2) is 15.4 Å². The van der Waals surface area contributed by atoms with Gasteiger partial charge in [0.05, 0.1) is 12.1 Å². The number of ether oxygens (including phenoxy) is 1. The molecule has 2 nitrogen and oxygen atoms in total. The van der Waals surface area contributed by atoms with E-state index in [0.717, 1.165) is 37.4 Å². The van der Waals surface area contributed by atoms with Crippen molar-refractivity contribution in [2.75, 3.05) is 7.11 Å². The van der Waals surface area contributed by atoms with Crippen LogP contribution in [0.5, 0.6) is 11.5 Å². The lowest BCUT2D eigenvalue weighted by Gasteiger charge is -2.32. The minimum absolute atomic E-state index is 0.182. The maximum Gasteiger partial charge on any atom is 0.251 e. The van der Waals surface area contributed by atoms with E-state index in [-0.39, 0.29) is 5.75 Å². The van der Waals surface area contributed by atoms with Crippen molar-refractivity contribution in [3.8, 4) is 11.5 Å². The minimum atomic E-state index is -1.88. The maximum atomic E-state index is 13.7. The third-order valence-electron chi connectivity index (χ3n) is 3.65. The van der Waals surface area contributed by atoms with Gasteiger partial charge < -0.3 is 9.16 Å². The van der Waals surface area contributed by atoms with Gasteiger partial charge in [0.25, 0.3) is 8.32 Å². The Hall–Kier alpha value is -0.743. The summed E-state index contributed by atoms with van der Waals surface area (Å²) in [5.41, 5.74) is 0. The van der Waals surface area contributed by atoms with E-state index in [1.165, 1.54) is 13.2 Å². The van der Waals surface area contributed by atoms with Crippen molar-refractivity contribution in [2.45, 2.75) is 58.2 Å². The summed E-state index contributed by atoms with van der Waals surface area (Å²) in [7, 11) is -0.434. The second kappa shape index (κ2) is 8.64. The monoisotopic (exact) mass is 332 g/mol. The second-order valence-corrected chi connectivity index (χ2v) is 9.93. The molecule has 0 N–H and O–H groups in total. The van der Waals surface area contributed by atoms with Crippen molar-refractivity contribution >= 4 is 19.9 Å². The highest BCUT2D eigenvalue weighted by molar-refractivity contribution is 6.74. The van der Waals surface area contributed by atoms with E-state index in [1.807, 2.05) is 0 Å². The highest BCUT2D eigenvalue weighted by atomic mass is 35.5. The summed E-state index contributed by atoms with van der Waals surface area (Å²) < 4.78 is 25.1. The molecule has 0 aliphatic heterocycles. The van der Waals surface area contributed by atoms with E-state index in [4.69, 9.17) is 20.8 Å². The van der Waals surface area contributed by atoms with Crippen molar-refractivity contribution < 1.29 is 13.6 Å². The number of methoxy groups -OCH3 is 1. The molecule has 0 saturated heterocycles. The molecule has 0 amide bonds. The van der Waals surface area contributed by atoms with E-state index in [0.29, 0.717) is 10.8 Å². The fraction of sp³-hybridized carbons (Fsp3) is 0.625. The molecule has 1 rings (SSSR count). The number of hydrogen-bond acceptors (Lipinski definition) is 2. The standard InChI is InChI=1S/C16H26ClFO2Si/c1-5-8-21(9-6-2,10-7-3)20-15-12-16(19-4)14(18)11-13(15)17/h11-12H,5-10H2,1-4H3. The number of hydrogen-bond donors (Lipinski definition) is 0. The first kappa shape index (κ1) is 18.3. The van der Waals surface area contributed by atoms with Gasteiger partial charge in [-0.1, -0.05) is 51.6 Å². The highest BCUT2D eigenvalue weighted by Gasteiger charge is 2.35. The lowest BCUT2D eigenvalue weighted by molar-refractivity contribution is 0.383. The zero-order chi connectivity index (χ0) is 15.9. The smallest absolute Gasteiger partial charge is 0.251 e. The van der Waals surface area contributed by atoms with Crippen LogP contribution in [0.3, 0.4) is 0 Å². The van der Waals surface area contributed by atoms with Gasteiger partial charge in [-0.25, -0.2) is 4.39 Å². The molecule has 0 aromatic heterocycles. The van der Waals surface area contributed by atoms with E-state index >= 15 is 0 Å². The normalized spacial score (nSPS) is 11.5. The third kappa shape index (κ3) is 4.89. The molecule has 0 spiro atoms. The van der Waals surface area contributed by atoms with Crippen molar-refractivity contribution in [3.05, 3.63) is 23.0 Å². The van der Waals surface area contributed by atoms with Crippen LogP contribution in [0.2, 0.25) is 23.2 Å². The Bertz CT molecular complexity index is 437. The van der Waals surface area contributed by atoms with Crippen molar-refractivity contribution in [1.29, 1.82) is 0 Å². The molecule has 1 aromatic rings. The predicted molar refractivity (Wildman–Crippen MR) is 89.6 cm³/mol. The average Bonchev–Trinajstić information content (AvgIpc) is 2.43. The van der Waals surface area contributed by atoms with Crippen LogP contribution in [0.15, 0.2) is 12.1 Å². The molecule has 1 aromatic carbocycles. The Morgan fingerprint density at radius 2 is 1.52 bits per heavy atom. The molecule has 0 saturated carbocycles. The Balaban J connectivity index is 3.12. The zero-order valence-electron chi connectivity index (χ0n) is 13.5. The molecule has 0 aliphatic carbocycles. The molecule has 120 valence electrons. The van der Waals surface area contributed by atoms with Gasteiger partial charge in [0.2, 0.25) is 0 Å². The largest absolute Gasteiger partial charge is 0.542 e. The van der Waals surface area contributed by atoms with E-state index < -0.39 is 14.1 Å². The predicted octanol–water partition coefficient (Wildman–Crippen LogP) is 6.04. The lowest BCUT2D eigenvalue weighted by Crippen LogP contribution is -2.41.